The van der Waals surface area contributed by atoms with Gasteiger partial charge >= 0.3 is 0 Å². The van der Waals surface area contributed by atoms with Crippen molar-refractivity contribution < 1.29 is 9.84 Å². The van der Waals surface area contributed by atoms with Gasteiger partial charge in [-0.1, -0.05) is 6.08 Å². The molecule has 0 saturated heterocycles. The Balaban J connectivity index is 2.35. The van der Waals surface area contributed by atoms with Crippen molar-refractivity contribution in [2.75, 3.05) is 7.11 Å². The number of hydrogen-bond donors (Lipinski definition) is 1. The van der Waals surface area contributed by atoms with Gasteiger partial charge in [-0.2, -0.15) is 0 Å². The molecule has 0 amide bonds. The molecule has 0 unspecified atom stereocenters. The Morgan fingerprint density at radius 3 is 2.81 bits per heavy atom. The lowest BCUT2D eigenvalue weighted by Crippen LogP contribution is -1.88. The van der Waals surface area contributed by atoms with Crippen LogP contribution in [0.25, 0.3) is 0 Å². The van der Waals surface area contributed by atoms with Crippen LogP contribution >= 0.6 is 22.6 Å². The average molecular weight is 395 g/mol. The second kappa shape index (κ2) is 7.16. The first-order chi connectivity index (χ1) is 10.1. The summed E-state index contributed by atoms with van der Waals surface area (Å²) in [5, 5.41) is 18.2. The quantitative estimate of drug-likeness (QED) is 0.350. The van der Waals surface area contributed by atoms with Crippen molar-refractivity contribution >= 4 is 34.0 Å². The first-order valence-corrected chi connectivity index (χ1v) is 7.26. The zero-order valence-corrected chi connectivity index (χ0v) is 13.6. The molecule has 1 N–H and O–H groups in total. The van der Waals surface area contributed by atoms with Crippen molar-refractivity contribution in [2.45, 2.75) is 6.42 Å². The summed E-state index contributed by atoms with van der Waals surface area (Å²) >= 11 is 2.12. The fourth-order valence-corrected chi connectivity index (χ4v) is 2.02. The minimum absolute atomic E-state index is 0.0347. The van der Waals surface area contributed by atoms with Crippen LogP contribution in [0.2, 0.25) is 0 Å². The number of nitrogens with zero attached hydrogens (tertiary/aromatic N) is 3. The summed E-state index contributed by atoms with van der Waals surface area (Å²) in [6, 6.07) is 7.15. The lowest BCUT2D eigenvalue weighted by Gasteiger charge is -2.08. The molecule has 6 heteroatoms. The summed E-state index contributed by atoms with van der Waals surface area (Å²) in [6.45, 7) is 3.70. The Bertz CT molecular complexity index is 669. The third-order valence-corrected chi connectivity index (χ3v) is 3.34. The lowest BCUT2D eigenvalue weighted by atomic mass is 10.1. The van der Waals surface area contributed by atoms with E-state index in [0.29, 0.717) is 23.5 Å². The van der Waals surface area contributed by atoms with Crippen LogP contribution in [0.1, 0.15) is 5.56 Å². The van der Waals surface area contributed by atoms with E-state index >= 15 is 0 Å². The summed E-state index contributed by atoms with van der Waals surface area (Å²) < 4.78 is 6.02. The fraction of sp³-hybridized carbons (Fsp3) is 0.133. The Kier molecular flexibility index (Phi) is 5.26. The Hall–Kier alpha value is -1.96. The van der Waals surface area contributed by atoms with E-state index < -0.39 is 0 Å². The van der Waals surface area contributed by atoms with Crippen LogP contribution in [0.5, 0.6) is 11.5 Å². The molecule has 1 aromatic carbocycles. The number of azo groups is 1. The molecule has 1 aromatic heterocycles. The highest BCUT2D eigenvalue weighted by Gasteiger charge is 2.10. The second-order valence-electron chi connectivity index (χ2n) is 4.20. The zero-order valence-electron chi connectivity index (χ0n) is 11.5. The molecule has 108 valence electrons. The third-order valence-electron chi connectivity index (χ3n) is 2.70. The van der Waals surface area contributed by atoms with Gasteiger partial charge in [-0.05, 0) is 58.8 Å². The Morgan fingerprint density at radius 1 is 1.38 bits per heavy atom. The van der Waals surface area contributed by atoms with Crippen molar-refractivity contribution in [1.82, 2.24) is 4.98 Å². The van der Waals surface area contributed by atoms with Gasteiger partial charge < -0.3 is 9.84 Å². The van der Waals surface area contributed by atoms with Gasteiger partial charge in [0.1, 0.15) is 15.1 Å². The number of phenols is 1. The van der Waals surface area contributed by atoms with Crippen LogP contribution in [0.4, 0.5) is 11.4 Å². The van der Waals surface area contributed by atoms with Gasteiger partial charge in [0.15, 0.2) is 11.5 Å². The molecule has 0 aliphatic carbocycles. The summed E-state index contributed by atoms with van der Waals surface area (Å²) in [6.07, 6.45) is 4.05. The van der Waals surface area contributed by atoms with Crippen molar-refractivity contribution in [3.8, 4) is 11.5 Å². The number of allylic oxidation sites excluding steroid dienone is 1. The molecule has 0 spiro atoms. The molecule has 21 heavy (non-hydrogen) atoms. The smallest absolute Gasteiger partial charge is 0.185 e. The van der Waals surface area contributed by atoms with Gasteiger partial charge in [0.25, 0.3) is 0 Å². The molecule has 0 bridgehead atoms. The number of pyridine rings is 1. The number of rotatable bonds is 5. The summed E-state index contributed by atoms with van der Waals surface area (Å²) in [7, 11) is 1.50. The molecule has 0 fully saturated rings. The predicted octanol–water partition coefficient (Wildman–Crippen LogP) is 4.54. The molecule has 2 rings (SSSR count). The molecule has 2 aromatic rings. The number of halogens is 1. The molecule has 0 aliphatic heterocycles. The maximum Gasteiger partial charge on any atom is 0.185 e. The standard InChI is InChI=1S/C15H14IN3O2/c1-3-4-10-7-12(15(20)13(8-10)21-2)19-18-11-5-6-14(16)17-9-11/h3,5-9,20H,1,4H2,2H3. The highest BCUT2D eigenvalue weighted by molar-refractivity contribution is 14.1. The minimum Gasteiger partial charge on any atom is -0.503 e. The Morgan fingerprint density at radius 2 is 2.19 bits per heavy atom. The van der Waals surface area contributed by atoms with Crippen LogP contribution in [-0.4, -0.2) is 17.2 Å². The highest BCUT2D eigenvalue weighted by atomic mass is 127. The van der Waals surface area contributed by atoms with Crippen LogP contribution in [-0.2, 0) is 6.42 Å². The van der Waals surface area contributed by atoms with Gasteiger partial charge in [-0.3, -0.25) is 0 Å². The van der Waals surface area contributed by atoms with Gasteiger partial charge in [-0.15, -0.1) is 16.8 Å². The molecule has 0 radical (unpaired) electrons. The number of hydrogen-bond acceptors (Lipinski definition) is 5. The number of aromatic nitrogens is 1. The number of ether oxygens (including phenoxy) is 1. The number of benzene rings is 1. The summed E-state index contributed by atoms with van der Waals surface area (Å²) in [5.41, 5.74) is 1.90. The molecular weight excluding hydrogens is 381 g/mol. The van der Waals surface area contributed by atoms with Crippen molar-refractivity contribution in [3.05, 3.63) is 52.4 Å². The van der Waals surface area contributed by atoms with E-state index in [9.17, 15) is 5.11 Å². The van der Waals surface area contributed by atoms with Gasteiger partial charge in [0.2, 0.25) is 0 Å². The van der Waals surface area contributed by atoms with E-state index in [2.05, 4.69) is 44.4 Å². The van der Waals surface area contributed by atoms with Crippen LogP contribution < -0.4 is 4.74 Å². The van der Waals surface area contributed by atoms with Crippen LogP contribution in [0, 0.1) is 3.70 Å². The first kappa shape index (κ1) is 15.4. The van der Waals surface area contributed by atoms with Crippen molar-refractivity contribution in [3.63, 3.8) is 0 Å². The van der Waals surface area contributed by atoms with Gasteiger partial charge in [0.05, 0.1) is 13.3 Å². The normalized spacial score (nSPS) is 10.8. The van der Waals surface area contributed by atoms with E-state index in [0.717, 1.165) is 9.26 Å². The SMILES string of the molecule is C=CCc1cc(N=Nc2ccc(I)nc2)c(O)c(OC)c1. The van der Waals surface area contributed by atoms with Gasteiger partial charge in [-0.25, -0.2) is 4.98 Å². The summed E-state index contributed by atoms with van der Waals surface area (Å²) in [4.78, 5) is 4.13. The van der Waals surface area contributed by atoms with Crippen LogP contribution in [0.15, 0.2) is 53.3 Å². The van der Waals surface area contributed by atoms with Gasteiger partial charge in [0, 0.05) is 0 Å². The monoisotopic (exact) mass is 395 g/mol. The first-order valence-electron chi connectivity index (χ1n) is 6.18. The van der Waals surface area contributed by atoms with E-state index in [-0.39, 0.29) is 5.75 Å². The van der Waals surface area contributed by atoms with E-state index in [1.807, 2.05) is 6.07 Å². The predicted molar refractivity (Wildman–Crippen MR) is 89.7 cm³/mol. The number of methoxy groups -OCH3 is 1. The topological polar surface area (TPSA) is 67.1 Å². The van der Waals surface area contributed by atoms with E-state index in [1.165, 1.54) is 7.11 Å². The van der Waals surface area contributed by atoms with E-state index in [1.54, 1.807) is 30.5 Å². The number of phenolic OH excluding ortho intramolecular Hbond substituents is 1. The fourth-order valence-electron chi connectivity index (χ4n) is 1.70. The van der Waals surface area contributed by atoms with Crippen molar-refractivity contribution in [1.29, 1.82) is 0 Å². The minimum atomic E-state index is -0.0347. The summed E-state index contributed by atoms with van der Waals surface area (Å²) in [5.74, 6) is 0.330. The highest BCUT2D eigenvalue weighted by Crippen LogP contribution is 2.38. The molecule has 0 aliphatic rings. The average Bonchev–Trinajstić information content (AvgIpc) is 2.49. The molecule has 0 atom stereocenters. The third kappa shape index (κ3) is 4.01. The maximum absolute atomic E-state index is 10.1. The second-order valence-corrected chi connectivity index (χ2v) is 5.30. The molecule has 5 nitrogen and oxygen atoms in total. The largest absolute Gasteiger partial charge is 0.503 e. The van der Waals surface area contributed by atoms with E-state index in [4.69, 9.17) is 4.74 Å². The molecule has 0 saturated carbocycles. The maximum atomic E-state index is 10.1. The molecule has 1 heterocycles. The zero-order chi connectivity index (χ0) is 15.2. The number of aromatic hydroxyl groups is 1. The van der Waals surface area contributed by atoms with Crippen molar-refractivity contribution in [2.24, 2.45) is 10.2 Å². The lowest BCUT2D eigenvalue weighted by molar-refractivity contribution is 0.374. The Labute approximate surface area is 136 Å². The molecular formula is C15H14IN3O2. The van der Waals surface area contributed by atoms with Crippen LogP contribution in [0.3, 0.4) is 0 Å².